The summed E-state index contributed by atoms with van der Waals surface area (Å²) in [7, 11) is 1.37. The number of amides is 1. The lowest BCUT2D eigenvalue weighted by molar-refractivity contribution is -0.384. The lowest BCUT2D eigenvalue weighted by atomic mass is 10.1. The molecule has 27 heavy (non-hydrogen) atoms. The number of hydrogen-bond donors (Lipinski definition) is 1. The molecule has 0 atom stereocenters. The van der Waals surface area contributed by atoms with E-state index < -0.39 is 10.8 Å². The monoisotopic (exact) mass is 367 g/mol. The minimum atomic E-state index is -0.704. The summed E-state index contributed by atoms with van der Waals surface area (Å²) in [6, 6.07) is 12.5. The Bertz CT molecular complexity index is 914. The summed E-state index contributed by atoms with van der Waals surface area (Å²) in [5, 5.41) is 22.7. The van der Waals surface area contributed by atoms with Crippen LogP contribution in [0.25, 0.3) is 6.08 Å². The lowest BCUT2D eigenvalue weighted by Gasteiger charge is -2.09. The van der Waals surface area contributed by atoms with Crippen LogP contribution in [0.2, 0.25) is 0 Å². The molecule has 0 saturated heterocycles. The SMILES string of the molecule is CCOc1ccc(/C=C(\C#N)C(=O)Nc2cc([N+](=O)[O-])ccc2OC)cc1. The van der Waals surface area contributed by atoms with Crippen molar-refractivity contribution >= 4 is 23.4 Å². The first-order valence-corrected chi connectivity index (χ1v) is 7.97. The third kappa shape index (κ3) is 5.06. The highest BCUT2D eigenvalue weighted by Gasteiger charge is 2.16. The summed E-state index contributed by atoms with van der Waals surface area (Å²) in [5.41, 5.74) is 0.369. The number of ether oxygens (including phenoxy) is 2. The Labute approximate surface area is 155 Å². The molecule has 1 amide bonds. The van der Waals surface area contributed by atoms with Crippen molar-refractivity contribution in [1.82, 2.24) is 0 Å². The quantitative estimate of drug-likeness (QED) is 0.346. The van der Waals surface area contributed by atoms with Gasteiger partial charge in [-0.05, 0) is 36.8 Å². The molecule has 0 unspecified atom stereocenters. The van der Waals surface area contributed by atoms with E-state index in [1.807, 2.05) is 13.0 Å². The Hall–Kier alpha value is -3.86. The second-order valence-electron chi connectivity index (χ2n) is 5.27. The van der Waals surface area contributed by atoms with Crippen LogP contribution in [0.1, 0.15) is 12.5 Å². The molecule has 0 heterocycles. The van der Waals surface area contributed by atoms with Gasteiger partial charge in [-0.1, -0.05) is 12.1 Å². The van der Waals surface area contributed by atoms with Gasteiger partial charge in [-0.2, -0.15) is 5.26 Å². The van der Waals surface area contributed by atoms with E-state index in [1.54, 1.807) is 24.3 Å². The van der Waals surface area contributed by atoms with Gasteiger partial charge < -0.3 is 14.8 Å². The average molecular weight is 367 g/mol. The predicted molar refractivity (Wildman–Crippen MR) is 99.5 cm³/mol. The number of methoxy groups -OCH3 is 1. The van der Waals surface area contributed by atoms with Crippen molar-refractivity contribution in [3.05, 3.63) is 63.7 Å². The van der Waals surface area contributed by atoms with Gasteiger partial charge in [0.15, 0.2) is 0 Å². The van der Waals surface area contributed by atoms with Crippen molar-refractivity contribution in [3.63, 3.8) is 0 Å². The lowest BCUT2D eigenvalue weighted by Crippen LogP contribution is -2.14. The van der Waals surface area contributed by atoms with Gasteiger partial charge >= 0.3 is 0 Å². The Balaban J connectivity index is 2.26. The topological polar surface area (TPSA) is 114 Å². The molecule has 138 valence electrons. The molecule has 2 aromatic carbocycles. The second-order valence-corrected chi connectivity index (χ2v) is 5.27. The first kappa shape index (κ1) is 19.5. The molecule has 0 aliphatic rings. The Morgan fingerprint density at radius 3 is 2.56 bits per heavy atom. The summed E-state index contributed by atoms with van der Waals surface area (Å²) in [6.45, 7) is 2.40. The molecule has 2 aromatic rings. The minimum Gasteiger partial charge on any atom is -0.495 e. The van der Waals surface area contributed by atoms with Crippen molar-refractivity contribution in [2.45, 2.75) is 6.92 Å². The summed E-state index contributed by atoms with van der Waals surface area (Å²) in [5.74, 6) is 0.219. The zero-order valence-corrected chi connectivity index (χ0v) is 14.8. The number of benzene rings is 2. The fraction of sp³-hybridized carbons (Fsp3) is 0.158. The number of carbonyl (C=O) groups is 1. The van der Waals surface area contributed by atoms with Crippen molar-refractivity contribution < 1.29 is 19.2 Å². The van der Waals surface area contributed by atoms with Crippen molar-refractivity contribution in [3.8, 4) is 17.6 Å². The Kier molecular flexibility index (Phi) is 6.49. The molecule has 0 spiro atoms. The number of carbonyl (C=O) groups excluding carboxylic acids is 1. The molecule has 0 aliphatic heterocycles. The van der Waals surface area contributed by atoms with Gasteiger partial charge in [0, 0.05) is 12.1 Å². The maximum atomic E-state index is 12.4. The van der Waals surface area contributed by atoms with E-state index >= 15 is 0 Å². The van der Waals surface area contributed by atoms with E-state index in [4.69, 9.17) is 9.47 Å². The van der Waals surface area contributed by atoms with Crippen LogP contribution < -0.4 is 14.8 Å². The van der Waals surface area contributed by atoms with Gasteiger partial charge in [0.05, 0.1) is 24.3 Å². The first-order valence-electron chi connectivity index (χ1n) is 7.97. The van der Waals surface area contributed by atoms with Gasteiger partial charge in [-0.15, -0.1) is 0 Å². The van der Waals surface area contributed by atoms with Gasteiger partial charge in [0.25, 0.3) is 11.6 Å². The number of hydrogen-bond acceptors (Lipinski definition) is 6. The van der Waals surface area contributed by atoms with Crippen LogP contribution in [0.4, 0.5) is 11.4 Å². The molecule has 0 aromatic heterocycles. The number of nitriles is 1. The maximum absolute atomic E-state index is 12.4. The summed E-state index contributed by atoms with van der Waals surface area (Å²) in [4.78, 5) is 22.7. The Morgan fingerprint density at radius 2 is 2.00 bits per heavy atom. The summed E-state index contributed by atoms with van der Waals surface area (Å²) >= 11 is 0. The number of nitro groups is 1. The van der Waals surface area contributed by atoms with Gasteiger partial charge in [0.2, 0.25) is 0 Å². The van der Waals surface area contributed by atoms with E-state index in [1.165, 1.54) is 31.4 Å². The molecule has 0 aliphatic carbocycles. The number of nitrogens with one attached hydrogen (secondary N) is 1. The molecule has 0 radical (unpaired) electrons. The minimum absolute atomic E-state index is 0.101. The molecular formula is C19H17N3O5. The molecule has 0 bridgehead atoms. The number of nitro benzene ring substituents is 1. The smallest absolute Gasteiger partial charge is 0.271 e. The number of anilines is 1. The summed E-state index contributed by atoms with van der Waals surface area (Å²) < 4.78 is 10.4. The van der Waals surface area contributed by atoms with Gasteiger partial charge in [-0.25, -0.2) is 0 Å². The molecule has 0 fully saturated rings. The predicted octanol–water partition coefficient (Wildman–Crippen LogP) is 3.55. The number of rotatable bonds is 7. The normalized spacial score (nSPS) is 10.6. The third-order valence-electron chi connectivity index (χ3n) is 3.51. The van der Waals surface area contributed by atoms with E-state index in [0.717, 1.165) is 0 Å². The zero-order chi connectivity index (χ0) is 19.8. The van der Waals surface area contributed by atoms with E-state index in [2.05, 4.69) is 5.32 Å². The van der Waals surface area contributed by atoms with Crippen LogP contribution in [-0.4, -0.2) is 24.5 Å². The largest absolute Gasteiger partial charge is 0.495 e. The molecular weight excluding hydrogens is 350 g/mol. The number of non-ortho nitro benzene ring substituents is 1. The zero-order valence-electron chi connectivity index (χ0n) is 14.8. The standard InChI is InChI=1S/C19H17N3O5/c1-3-27-16-7-4-13(5-8-16)10-14(12-20)19(23)21-17-11-15(22(24)25)6-9-18(17)26-2/h4-11H,3H2,1-2H3,(H,21,23)/b14-10+. The van der Waals surface area contributed by atoms with Crippen LogP contribution in [0, 0.1) is 21.4 Å². The Morgan fingerprint density at radius 1 is 1.30 bits per heavy atom. The van der Waals surface area contributed by atoms with Crippen LogP contribution in [0.3, 0.4) is 0 Å². The fourth-order valence-corrected chi connectivity index (χ4v) is 2.24. The van der Waals surface area contributed by atoms with Crippen molar-refractivity contribution in [2.75, 3.05) is 19.0 Å². The van der Waals surface area contributed by atoms with Crippen LogP contribution in [0.5, 0.6) is 11.5 Å². The van der Waals surface area contributed by atoms with E-state index in [-0.39, 0.29) is 22.7 Å². The van der Waals surface area contributed by atoms with Crippen LogP contribution >= 0.6 is 0 Å². The van der Waals surface area contributed by atoms with Gasteiger partial charge in [0.1, 0.15) is 23.1 Å². The molecule has 1 N–H and O–H groups in total. The molecule has 8 heteroatoms. The van der Waals surface area contributed by atoms with Crippen LogP contribution in [-0.2, 0) is 4.79 Å². The van der Waals surface area contributed by atoms with Gasteiger partial charge in [-0.3, -0.25) is 14.9 Å². The van der Waals surface area contributed by atoms with E-state index in [0.29, 0.717) is 17.9 Å². The van der Waals surface area contributed by atoms with Crippen molar-refractivity contribution in [2.24, 2.45) is 0 Å². The number of nitrogens with zero attached hydrogens (tertiary/aromatic N) is 2. The highest BCUT2D eigenvalue weighted by molar-refractivity contribution is 6.10. The second kappa shape index (κ2) is 9.01. The highest BCUT2D eigenvalue weighted by Crippen LogP contribution is 2.29. The van der Waals surface area contributed by atoms with E-state index in [9.17, 15) is 20.2 Å². The van der Waals surface area contributed by atoms with Crippen LogP contribution in [0.15, 0.2) is 48.0 Å². The molecule has 2 rings (SSSR count). The van der Waals surface area contributed by atoms with Crippen molar-refractivity contribution in [1.29, 1.82) is 5.26 Å². The maximum Gasteiger partial charge on any atom is 0.271 e. The third-order valence-corrected chi connectivity index (χ3v) is 3.51. The molecule has 0 saturated carbocycles. The first-order chi connectivity index (χ1) is 13.0. The summed E-state index contributed by atoms with van der Waals surface area (Å²) in [6.07, 6.45) is 1.41. The average Bonchev–Trinajstić information content (AvgIpc) is 2.67. The molecule has 8 nitrogen and oxygen atoms in total. The highest BCUT2D eigenvalue weighted by atomic mass is 16.6. The fourth-order valence-electron chi connectivity index (χ4n) is 2.24.